The first-order valence-corrected chi connectivity index (χ1v) is 6.53. The van der Waals surface area contributed by atoms with E-state index in [4.69, 9.17) is 11.6 Å². The Morgan fingerprint density at radius 2 is 2.39 bits per heavy atom. The third-order valence-corrected chi connectivity index (χ3v) is 3.39. The van der Waals surface area contributed by atoms with Gasteiger partial charge in [-0.2, -0.15) is 0 Å². The minimum atomic E-state index is 0.0589. The maximum atomic E-state index is 12.4. The largest absolute Gasteiger partial charge is 0.334 e. The van der Waals surface area contributed by atoms with Crippen molar-refractivity contribution < 1.29 is 4.79 Å². The predicted molar refractivity (Wildman–Crippen MR) is 71.9 cm³/mol. The highest BCUT2D eigenvalue weighted by molar-refractivity contribution is 6.29. The molecule has 1 fully saturated rings. The Morgan fingerprint density at radius 3 is 3.06 bits per heavy atom. The first-order chi connectivity index (χ1) is 8.58. The minimum Gasteiger partial charge on any atom is -0.334 e. The summed E-state index contributed by atoms with van der Waals surface area (Å²) in [6.45, 7) is 1.74. The van der Waals surface area contributed by atoms with Crippen LogP contribution in [0.1, 0.15) is 23.2 Å². The molecule has 5 heteroatoms. The van der Waals surface area contributed by atoms with E-state index in [0.717, 1.165) is 25.9 Å². The van der Waals surface area contributed by atoms with Gasteiger partial charge in [0.25, 0.3) is 5.91 Å². The second-order valence-electron chi connectivity index (χ2n) is 4.92. The van der Waals surface area contributed by atoms with Crippen molar-refractivity contribution in [3.63, 3.8) is 0 Å². The summed E-state index contributed by atoms with van der Waals surface area (Å²) in [4.78, 5) is 20.4. The van der Waals surface area contributed by atoms with Gasteiger partial charge in [0, 0.05) is 30.9 Å². The van der Waals surface area contributed by atoms with Crippen molar-refractivity contribution in [1.82, 2.24) is 14.8 Å². The minimum absolute atomic E-state index is 0.0589. The highest BCUT2D eigenvalue weighted by Crippen LogP contribution is 2.21. The number of likely N-dealkylation sites (N-methyl/N-ethyl adjacent to an activating group) is 1. The van der Waals surface area contributed by atoms with Gasteiger partial charge in [0.05, 0.1) is 0 Å². The first kappa shape index (κ1) is 13.3. The van der Waals surface area contributed by atoms with Crippen LogP contribution in [0.15, 0.2) is 18.3 Å². The molecule has 0 bridgehead atoms. The van der Waals surface area contributed by atoms with Crippen LogP contribution >= 0.6 is 11.6 Å². The smallest absolute Gasteiger partial charge is 0.254 e. The Bertz CT molecular complexity index is 436. The number of likely N-dealkylation sites (tertiary alicyclic amines) is 1. The quantitative estimate of drug-likeness (QED) is 0.785. The first-order valence-electron chi connectivity index (χ1n) is 6.15. The third-order valence-electron chi connectivity index (χ3n) is 3.19. The van der Waals surface area contributed by atoms with Crippen molar-refractivity contribution >= 4 is 17.5 Å². The molecule has 1 aromatic rings. The summed E-state index contributed by atoms with van der Waals surface area (Å²) >= 11 is 5.83. The second kappa shape index (κ2) is 5.67. The molecule has 1 amide bonds. The summed E-state index contributed by atoms with van der Waals surface area (Å²) in [7, 11) is 4.06. The summed E-state index contributed by atoms with van der Waals surface area (Å²) in [5.74, 6) is 0.0589. The lowest BCUT2D eigenvalue weighted by molar-refractivity contribution is 0.0716. The molecule has 1 saturated heterocycles. The van der Waals surface area contributed by atoms with E-state index in [2.05, 4.69) is 9.88 Å². The molecule has 0 N–H and O–H groups in total. The van der Waals surface area contributed by atoms with E-state index in [0.29, 0.717) is 16.8 Å². The number of pyridine rings is 1. The summed E-state index contributed by atoms with van der Waals surface area (Å²) in [6, 6.07) is 3.66. The van der Waals surface area contributed by atoms with Crippen LogP contribution in [0.25, 0.3) is 0 Å². The van der Waals surface area contributed by atoms with Crippen LogP contribution in [-0.4, -0.2) is 53.9 Å². The van der Waals surface area contributed by atoms with E-state index in [-0.39, 0.29) is 5.91 Å². The van der Waals surface area contributed by atoms with Gasteiger partial charge in [-0.25, -0.2) is 4.98 Å². The van der Waals surface area contributed by atoms with E-state index in [1.807, 2.05) is 19.0 Å². The number of rotatable bonds is 3. The van der Waals surface area contributed by atoms with Crippen LogP contribution in [0.4, 0.5) is 0 Å². The number of aromatic nitrogens is 1. The van der Waals surface area contributed by atoms with Gasteiger partial charge in [-0.05, 0) is 39.1 Å². The Morgan fingerprint density at radius 1 is 1.61 bits per heavy atom. The summed E-state index contributed by atoms with van der Waals surface area (Å²) in [5.41, 5.74) is 0.626. The molecule has 18 heavy (non-hydrogen) atoms. The van der Waals surface area contributed by atoms with E-state index in [9.17, 15) is 4.79 Å². The topological polar surface area (TPSA) is 36.4 Å². The van der Waals surface area contributed by atoms with Gasteiger partial charge in [-0.15, -0.1) is 0 Å². The standard InChI is InChI=1S/C13H18ClN3O/c1-16(2)9-11-4-3-7-17(11)13(18)10-5-6-15-12(14)8-10/h5-6,8,11H,3-4,7,9H2,1-2H3. The zero-order valence-corrected chi connectivity index (χ0v) is 11.5. The fraction of sp³-hybridized carbons (Fsp3) is 0.538. The number of carbonyl (C=O) groups is 1. The number of hydrogen-bond donors (Lipinski definition) is 0. The van der Waals surface area contributed by atoms with Gasteiger partial charge >= 0.3 is 0 Å². The molecular formula is C13H18ClN3O. The Kier molecular flexibility index (Phi) is 4.19. The fourth-order valence-corrected chi connectivity index (χ4v) is 2.59. The number of amides is 1. The zero-order chi connectivity index (χ0) is 13.1. The van der Waals surface area contributed by atoms with Gasteiger partial charge in [0.15, 0.2) is 0 Å². The lowest BCUT2D eigenvalue weighted by atomic mass is 10.2. The molecule has 0 spiro atoms. The van der Waals surface area contributed by atoms with Gasteiger partial charge in [0.2, 0.25) is 0 Å². The van der Waals surface area contributed by atoms with Crippen molar-refractivity contribution in [3.05, 3.63) is 29.0 Å². The number of halogens is 1. The van der Waals surface area contributed by atoms with Crippen LogP contribution in [0.5, 0.6) is 0 Å². The van der Waals surface area contributed by atoms with Crippen molar-refractivity contribution in [1.29, 1.82) is 0 Å². The molecule has 2 heterocycles. The van der Waals surface area contributed by atoms with Gasteiger partial charge in [0.1, 0.15) is 5.15 Å². The van der Waals surface area contributed by atoms with E-state index in [1.54, 1.807) is 18.3 Å². The van der Waals surface area contributed by atoms with Gasteiger partial charge in [-0.1, -0.05) is 11.6 Å². The fourth-order valence-electron chi connectivity index (χ4n) is 2.42. The second-order valence-corrected chi connectivity index (χ2v) is 5.31. The van der Waals surface area contributed by atoms with Crippen molar-refractivity contribution in [2.45, 2.75) is 18.9 Å². The number of carbonyl (C=O) groups excluding carboxylic acids is 1. The van der Waals surface area contributed by atoms with Crippen molar-refractivity contribution in [3.8, 4) is 0 Å². The summed E-state index contributed by atoms with van der Waals surface area (Å²) in [6.07, 6.45) is 3.72. The molecule has 1 aliphatic rings. The molecule has 1 aliphatic heterocycles. The number of nitrogens with zero attached hydrogens (tertiary/aromatic N) is 3. The van der Waals surface area contributed by atoms with Gasteiger partial charge < -0.3 is 9.80 Å². The Labute approximate surface area is 113 Å². The van der Waals surface area contributed by atoms with Crippen LogP contribution in [0.3, 0.4) is 0 Å². The molecule has 1 aromatic heterocycles. The predicted octanol–water partition coefficient (Wildman–Crippen LogP) is 1.90. The normalized spacial score (nSPS) is 19.6. The molecule has 0 radical (unpaired) electrons. The Balaban J connectivity index is 2.12. The van der Waals surface area contributed by atoms with Crippen LogP contribution in [0.2, 0.25) is 5.15 Å². The molecule has 0 aromatic carbocycles. The summed E-state index contributed by atoms with van der Waals surface area (Å²) in [5, 5.41) is 0.365. The van der Waals surface area contributed by atoms with E-state index >= 15 is 0 Å². The molecule has 1 unspecified atom stereocenters. The molecule has 0 aliphatic carbocycles. The molecule has 98 valence electrons. The molecular weight excluding hydrogens is 250 g/mol. The number of hydrogen-bond acceptors (Lipinski definition) is 3. The van der Waals surface area contributed by atoms with E-state index < -0.39 is 0 Å². The zero-order valence-electron chi connectivity index (χ0n) is 10.8. The highest BCUT2D eigenvalue weighted by atomic mass is 35.5. The lowest BCUT2D eigenvalue weighted by Gasteiger charge is -2.27. The molecule has 4 nitrogen and oxygen atoms in total. The van der Waals surface area contributed by atoms with Crippen LogP contribution < -0.4 is 0 Å². The van der Waals surface area contributed by atoms with Gasteiger partial charge in [-0.3, -0.25) is 4.79 Å². The molecule has 1 atom stereocenters. The summed E-state index contributed by atoms with van der Waals surface area (Å²) < 4.78 is 0. The molecule has 2 rings (SSSR count). The van der Waals surface area contributed by atoms with Crippen LogP contribution in [-0.2, 0) is 0 Å². The average molecular weight is 268 g/mol. The van der Waals surface area contributed by atoms with Crippen molar-refractivity contribution in [2.75, 3.05) is 27.2 Å². The third kappa shape index (κ3) is 3.00. The maximum absolute atomic E-state index is 12.4. The lowest BCUT2D eigenvalue weighted by Crippen LogP contribution is -2.41. The van der Waals surface area contributed by atoms with Crippen LogP contribution in [0, 0.1) is 0 Å². The van der Waals surface area contributed by atoms with E-state index in [1.165, 1.54) is 0 Å². The maximum Gasteiger partial charge on any atom is 0.254 e. The van der Waals surface area contributed by atoms with Crippen molar-refractivity contribution in [2.24, 2.45) is 0 Å². The highest BCUT2D eigenvalue weighted by Gasteiger charge is 2.29. The SMILES string of the molecule is CN(C)CC1CCCN1C(=O)c1ccnc(Cl)c1. The monoisotopic (exact) mass is 267 g/mol. The average Bonchev–Trinajstić information content (AvgIpc) is 2.75. The Hall–Kier alpha value is -1.13. The molecule has 0 saturated carbocycles.